The average molecular weight is 420 g/mol. The van der Waals surface area contributed by atoms with Gasteiger partial charge in [0.1, 0.15) is 12.3 Å². The van der Waals surface area contributed by atoms with Crippen LogP contribution in [0.15, 0.2) is 33.8 Å². The van der Waals surface area contributed by atoms with E-state index in [0.29, 0.717) is 17.5 Å². The molecule has 0 spiro atoms. The van der Waals surface area contributed by atoms with E-state index in [1.807, 2.05) is 24.3 Å². The Labute approximate surface area is 177 Å². The summed E-state index contributed by atoms with van der Waals surface area (Å²) < 4.78 is 10.9. The van der Waals surface area contributed by atoms with Gasteiger partial charge in [0.05, 0.1) is 18.5 Å². The Bertz CT molecular complexity index is 836. The first-order chi connectivity index (χ1) is 14.0. The summed E-state index contributed by atoms with van der Waals surface area (Å²) in [5, 5.41) is 11.6. The van der Waals surface area contributed by atoms with Crippen LogP contribution in [0.25, 0.3) is 0 Å². The number of rotatable bonds is 7. The van der Waals surface area contributed by atoms with Crippen LogP contribution in [0.4, 0.5) is 5.69 Å². The van der Waals surface area contributed by atoms with Gasteiger partial charge in [-0.1, -0.05) is 30.6 Å². The average Bonchev–Trinajstić information content (AvgIpc) is 3.36. The van der Waals surface area contributed by atoms with Gasteiger partial charge < -0.3 is 24.8 Å². The van der Waals surface area contributed by atoms with Crippen molar-refractivity contribution in [3.63, 3.8) is 0 Å². The van der Waals surface area contributed by atoms with E-state index >= 15 is 0 Å². The first-order valence-electron chi connectivity index (χ1n) is 10.1. The molecule has 7 nitrogen and oxygen atoms in total. The maximum absolute atomic E-state index is 6.19. The Morgan fingerprint density at radius 3 is 2.93 bits per heavy atom. The molecule has 1 aromatic carbocycles. The van der Waals surface area contributed by atoms with Gasteiger partial charge in [0.2, 0.25) is 0 Å². The highest BCUT2D eigenvalue weighted by atomic mass is 35.5. The highest BCUT2D eigenvalue weighted by Gasteiger charge is 2.25. The molecule has 2 heterocycles. The van der Waals surface area contributed by atoms with Crippen LogP contribution in [0.2, 0.25) is 5.02 Å². The quantitative estimate of drug-likeness (QED) is 0.525. The van der Waals surface area contributed by atoms with Gasteiger partial charge in [-0.05, 0) is 37.5 Å². The van der Waals surface area contributed by atoms with Gasteiger partial charge in [-0.3, -0.25) is 0 Å². The van der Waals surface area contributed by atoms with Gasteiger partial charge in [-0.25, -0.2) is 4.99 Å². The third-order valence-electron chi connectivity index (χ3n) is 4.92. The second-order valence-electron chi connectivity index (χ2n) is 7.46. The lowest BCUT2D eigenvalue weighted by Gasteiger charge is -2.22. The maximum atomic E-state index is 6.19. The second-order valence-corrected chi connectivity index (χ2v) is 7.90. The van der Waals surface area contributed by atoms with Gasteiger partial charge in [-0.15, -0.1) is 0 Å². The lowest BCUT2D eigenvalue weighted by Crippen LogP contribution is -2.44. The second kappa shape index (κ2) is 9.87. The summed E-state index contributed by atoms with van der Waals surface area (Å²) in [6, 6.07) is 7.96. The molecule has 0 amide bonds. The molecule has 3 rings (SSSR count). The van der Waals surface area contributed by atoms with E-state index in [4.69, 9.17) is 20.9 Å². The Balaban J connectivity index is 1.63. The van der Waals surface area contributed by atoms with Crippen molar-refractivity contribution in [2.24, 2.45) is 4.99 Å². The first kappa shape index (κ1) is 21.3. The largest absolute Gasteiger partial charge is 0.495 e. The molecule has 1 atom stereocenters. The fourth-order valence-corrected chi connectivity index (χ4v) is 3.52. The van der Waals surface area contributed by atoms with Crippen LogP contribution < -0.4 is 20.3 Å². The highest BCUT2D eigenvalue weighted by Crippen LogP contribution is 2.33. The van der Waals surface area contributed by atoms with Crippen LogP contribution in [0.5, 0.6) is 5.75 Å². The van der Waals surface area contributed by atoms with Crippen LogP contribution in [-0.2, 0) is 6.54 Å². The van der Waals surface area contributed by atoms with Crippen LogP contribution in [0, 0.1) is 0 Å². The molecule has 1 aliphatic rings. The van der Waals surface area contributed by atoms with Gasteiger partial charge in [-0.2, -0.15) is 0 Å². The molecule has 1 aromatic heterocycles. The lowest BCUT2D eigenvalue weighted by molar-refractivity contribution is 0.376. The van der Waals surface area contributed by atoms with Crippen molar-refractivity contribution < 1.29 is 9.26 Å². The summed E-state index contributed by atoms with van der Waals surface area (Å²) in [5.41, 5.74) is 1.98. The molecule has 0 saturated carbocycles. The summed E-state index contributed by atoms with van der Waals surface area (Å²) in [7, 11) is 1.68. The molecule has 8 heteroatoms. The number of ether oxygens (including phenoxy) is 1. The number of aromatic nitrogens is 1. The highest BCUT2D eigenvalue weighted by molar-refractivity contribution is 6.30. The number of anilines is 1. The summed E-state index contributed by atoms with van der Waals surface area (Å²) in [4.78, 5) is 6.95. The number of guanidine groups is 1. The minimum absolute atomic E-state index is 0.275. The minimum Gasteiger partial charge on any atom is -0.495 e. The van der Waals surface area contributed by atoms with E-state index in [2.05, 4.69) is 46.5 Å². The zero-order valence-electron chi connectivity index (χ0n) is 17.5. The third kappa shape index (κ3) is 5.56. The van der Waals surface area contributed by atoms with Crippen molar-refractivity contribution in [3.8, 4) is 5.75 Å². The van der Waals surface area contributed by atoms with Crippen molar-refractivity contribution in [1.29, 1.82) is 0 Å². The number of methoxy groups -OCH3 is 1. The molecule has 2 aromatic rings. The topological polar surface area (TPSA) is 74.9 Å². The number of nitrogens with one attached hydrogen (secondary N) is 2. The zero-order chi connectivity index (χ0) is 20.8. The van der Waals surface area contributed by atoms with Gasteiger partial charge in [0.25, 0.3) is 0 Å². The SMILES string of the molecule is CCNC(=NCc1cc(C(C)C)no1)NC1CCN(c2cc(Cl)ccc2OC)C1. The van der Waals surface area contributed by atoms with Crippen molar-refractivity contribution >= 4 is 23.2 Å². The number of hydrogen-bond donors (Lipinski definition) is 2. The van der Waals surface area contributed by atoms with Gasteiger partial charge >= 0.3 is 0 Å². The number of nitrogens with zero attached hydrogens (tertiary/aromatic N) is 3. The third-order valence-corrected chi connectivity index (χ3v) is 5.15. The number of benzene rings is 1. The van der Waals surface area contributed by atoms with Crippen LogP contribution in [0.3, 0.4) is 0 Å². The Kier molecular flexibility index (Phi) is 7.25. The molecule has 1 aliphatic heterocycles. The molecular formula is C21H30ClN5O2. The van der Waals surface area contributed by atoms with Gasteiger partial charge in [0.15, 0.2) is 11.7 Å². The predicted octanol–water partition coefficient (Wildman–Crippen LogP) is 3.79. The summed E-state index contributed by atoms with van der Waals surface area (Å²) in [5.74, 6) is 2.72. The van der Waals surface area contributed by atoms with E-state index in [-0.39, 0.29) is 6.04 Å². The Hall–Kier alpha value is -2.41. The lowest BCUT2D eigenvalue weighted by atomic mass is 10.1. The van der Waals surface area contributed by atoms with Crippen LogP contribution >= 0.6 is 11.6 Å². The van der Waals surface area contributed by atoms with Crippen molar-refractivity contribution in [2.45, 2.75) is 45.7 Å². The molecule has 1 fully saturated rings. The van der Waals surface area contributed by atoms with Crippen LogP contribution in [-0.4, -0.2) is 43.9 Å². The Morgan fingerprint density at radius 1 is 1.41 bits per heavy atom. The monoisotopic (exact) mass is 419 g/mol. The minimum atomic E-state index is 0.275. The Morgan fingerprint density at radius 2 is 2.24 bits per heavy atom. The molecule has 158 valence electrons. The number of hydrogen-bond acceptors (Lipinski definition) is 5. The van der Waals surface area contributed by atoms with Gasteiger partial charge in [0, 0.05) is 36.8 Å². The molecular weight excluding hydrogens is 390 g/mol. The molecule has 0 radical (unpaired) electrons. The maximum Gasteiger partial charge on any atom is 0.191 e. The van der Waals surface area contributed by atoms with Crippen molar-refractivity contribution in [1.82, 2.24) is 15.8 Å². The fourth-order valence-electron chi connectivity index (χ4n) is 3.35. The molecule has 0 aliphatic carbocycles. The van der Waals surface area contributed by atoms with E-state index < -0.39 is 0 Å². The summed E-state index contributed by atoms with van der Waals surface area (Å²) in [6.45, 7) is 9.26. The van der Waals surface area contributed by atoms with E-state index in [0.717, 1.165) is 54.9 Å². The van der Waals surface area contributed by atoms with Crippen molar-refractivity contribution in [3.05, 3.63) is 40.7 Å². The van der Waals surface area contributed by atoms with E-state index in [1.54, 1.807) is 7.11 Å². The smallest absolute Gasteiger partial charge is 0.191 e. The fraction of sp³-hybridized carbons (Fsp3) is 0.524. The summed E-state index contributed by atoms with van der Waals surface area (Å²) >= 11 is 6.19. The van der Waals surface area contributed by atoms with Crippen LogP contribution in [0.1, 0.15) is 44.6 Å². The standard InChI is InChI=1S/C21H30ClN5O2/c1-5-23-21(24-12-17-11-18(14(2)3)26-29-17)25-16-8-9-27(13-16)19-10-15(22)6-7-20(19)28-4/h6-7,10-11,14,16H,5,8-9,12-13H2,1-4H3,(H2,23,24,25). The molecule has 1 unspecified atom stereocenters. The van der Waals surface area contributed by atoms with Crippen molar-refractivity contribution in [2.75, 3.05) is 31.6 Å². The predicted molar refractivity (Wildman–Crippen MR) is 117 cm³/mol. The summed E-state index contributed by atoms with van der Waals surface area (Å²) in [6.07, 6.45) is 1.000. The molecule has 2 N–H and O–H groups in total. The first-order valence-corrected chi connectivity index (χ1v) is 10.5. The van der Waals surface area contributed by atoms with E-state index in [1.165, 1.54) is 0 Å². The zero-order valence-corrected chi connectivity index (χ0v) is 18.3. The molecule has 1 saturated heterocycles. The number of aliphatic imine (C=N–C) groups is 1. The molecule has 29 heavy (non-hydrogen) atoms. The normalized spacial score (nSPS) is 17.1. The number of halogens is 1. The molecule has 0 bridgehead atoms. The van der Waals surface area contributed by atoms with E-state index in [9.17, 15) is 0 Å².